The van der Waals surface area contributed by atoms with Crippen LogP contribution >= 0.6 is 11.8 Å². The number of carbonyl (C=O) groups is 1. The molecule has 0 fully saturated rings. The summed E-state index contributed by atoms with van der Waals surface area (Å²) in [5.41, 5.74) is 5.22. The molecule has 0 radical (unpaired) electrons. The van der Waals surface area contributed by atoms with Gasteiger partial charge in [0.15, 0.2) is 11.0 Å². The van der Waals surface area contributed by atoms with Crippen LogP contribution in [0.3, 0.4) is 0 Å². The Balaban J connectivity index is 1.42. The molecule has 0 saturated carbocycles. The van der Waals surface area contributed by atoms with Crippen molar-refractivity contribution in [2.24, 2.45) is 5.10 Å². The zero-order valence-electron chi connectivity index (χ0n) is 20.1. The molecule has 1 heterocycles. The van der Waals surface area contributed by atoms with E-state index in [1.165, 1.54) is 11.8 Å². The van der Waals surface area contributed by atoms with Crippen molar-refractivity contribution in [1.82, 2.24) is 20.2 Å². The number of nitrogens with zero attached hydrogens (tertiary/aromatic N) is 4. The number of para-hydroxylation sites is 1. The molecule has 8 nitrogen and oxygen atoms in total. The Morgan fingerprint density at radius 1 is 1.00 bits per heavy atom. The molecule has 0 aliphatic carbocycles. The van der Waals surface area contributed by atoms with Gasteiger partial charge in [-0.15, -0.1) is 10.2 Å². The molecule has 0 saturated heterocycles. The summed E-state index contributed by atoms with van der Waals surface area (Å²) in [5, 5.41) is 13.4. The molecule has 1 amide bonds. The van der Waals surface area contributed by atoms with Gasteiger partial charge in [0.25, 0.3) is 5.91 Å². The monoisotopic (exact) mass is 501 g/mol. The lowest BCUT2D eigenvalue weighted by molar-refractivity contribution is -0.118. The molecular weight excluding hydrogens is 474 g/mol. The highest BCUT2D eigenvalue weighted by atomic mass is 32.2. The van der Waals surface area contributed by atoms with E-state index >= 15 is 0 Å². The minimum atomic E-state index is -0.243. The van der Waals surface area contributed by atoms with Crippen LogP contribution in [-0.4, -0.2) is 46.4 Å². The van der Waals surface area contributed by atoms with Gasteiger partial charge in [0.05, 0.1) is 25.7 Å². The highest BCUT2D eigenvalue weighted by molar-refractivity contribution is 7.99. The molecule has 0 aliphatic heterocycles. The third-order valence-electron chi connectivity index (χ3n) is 5.08. The highest BCUT2D eigenvalue weighted by Gasteiger charge is 2.17. The average Bonchev–Trinajstić information content (AvgIpc) is 3.36. The van der Waals surface area contributed by atoms with E-state index in [0.29, 0.717) is 17.6 Å². The van der Waals surface area contributed by atoms with Crippen molar-refractivity contribution in [1.29, 1.82) is 0 Å². The van der Waals surface area contributed by atoms with Gasteiger partial charge in [0.2, 0.25) is 0 Å². The minimum Gasteiger partial charge on any atom is -0.497 e. The maximum Gasteiger partial charge on any atom is 0.250 e. The number of ether oxygens (including phenoxy) is 2. The largest absolute Gasteiger partial charge is 0.497 e. The van der Waals surface area contributed by atoms with Crippen LogP contribution in [0, 0.1) is 0 Å². The lowest BCUT2D eigenvalue weighted by atomic mass is 10.2. The summed E-state index contributed by atoms with van der Waals surface area (Å²) in [6.07, 6.45) is 2.55. The van der Waals surface area contributed by atoms with Crippen molar-refractivity contribution < 1.29 is 14.3 Å². The number of nitrogens with one attached hydrogen (secondary N) is 1. The fraction of sp³-hybridized carbons (Fsp3) is 0.185. The van der Waals surface area contributed by atoms with Gasteiger partial charge in [-0.05, 0) is 72.6 Å². The smallest absolute Gasteiger partial charge is 0.250 e. The van der Waals surface area contributed by atoms with Crippen molar-refractivity contribution >= 4 is 23.9 Å². The van der Waals surface area contributed by atoms with Crippen molar-refractivity contribution in [3.63, 3.8) is 0 Å². The molecule has 9 heteroatoms. The van der Waals surface area contributed by atoms with Crippen molar-refractivity contribution in [2.45, 2.75) is 18.5 Å². The van der Waals surface area contributed by atoms with Gasteiger partial charge in [-0.1, -0.05) is 36.9 Å². The zero-order chi connectivity index (χ0) is 25.2. The van der Waals surface area contributed by atoms with E-state index in [-0.39, 0.29) is 11.7 Å². The predicted octanol–water partition coefficient (Wildman–Crippen LogP) is 4.97. The third kappa shape index (κ3) is 6.51. The van der Waals surface area contributed by atoms with Gasteiger partial charge in [0.1, 0.15) is 11.5 Å². The molecule has 0 aliphatic rings. The molecule has 0 atom stereocenters. The first-order valence-electron chi connectivity index (χ1n) is 11.5. The molecule has 4 rings (SSSR count). The first kappa shape index (κ1) is 25.0. The van der Waals surface area contributed by atoms with Crippen molar-refractivity contribution in [2.75, 3.05) is 19.5 Å². The van der Waals surface area contributed by atoms with Crippen LogP contribution in [-0.2, 0) is 4.79 Å². The Bertz CT molecular complexity index is 1290. The summed E-state index contributed by atoms with van der Waals surface area (Å²) in [4.78, 5) is 12.4. The standard InChI is InChI=1S/C27H27N5O3S/c1-3-17-35-24-13-9-20(10-14-24)18-28-29-25(33)19-36-27-31-30-26(21-11-15-23(34-2)16-12-21)32(27)22-7-5-4-6-8-22/h4-16,18H,3,17,19H2,1-2H3,(H,29,33)/b28-18-. The predicted molar refractivity (Wildman–Crippen MR) is 142 cm³/mol. The number of methoxy groups -OCH3 is 1. The molecule has 0 spiro atoms. The first-order chi connectivity index (χ1) is 17.7. The number of hydrazone groups is 1. The SMILES string of the molecule is CCCOc1ccc(/C=N\NC(=O)CSc2nnc(-c3ccc(OC)cc3)n2-c2ccccc2)cc1. The summed E-state index contributed by atoms with van der Waals surface area (Å²) < 4.78 is 12.8. The molecule has 0 bridgehead atoms. The Hall–Kier alpha value is -4.11. The second kappa shape index (κ2) is 12.6. The summed E-state index contributed by atoms with van der Waals surface area (Å²) in [7, 11) is 1.63. The van der Waals surface area contributed by atoms with Gasteiger partial charge < -0.3 is 9.47 Å². The number of rotatable bonds is 11. The fourth-order valence-corrected chi connectivity index (χ4v) is 4.06. The Morgan fingerprint density at radius 3 is 2.42 bits per heavy atom. The molecule has 0 unspecified atom stereocenters. The van der Waals surface area contributed by atoms with E-state index in [0.717, 1.165) is 34.7 Å². The Labute approximate surface area is 214 Å². The fourth-order valence-electron chi connectivity index (χ4n) is 3.31. The highest BCUT2D eigenvalue weighted by Crippen LogP contribution is 2.28. The number of hydrogen-bond acceptors (Lipinski definition) is 7. The van der Waals surface area contributed by atoms with Crippen molar-refractivity contribution in [3.8, 4) is 28.6 Å². The van der Waals surface area contributed by atoms with Gasteiger partial charge >= 0.3 is 0 Å². The lowest BCUT2D eigenvalue weighted by Gasteiger charge is -2.10. The number of hydrogen-bond donors (Lipinski definition) is 1. The molecule has 1 aromatic heterocycles. The van der Waals surface area contributed by atoms with E-state index in [1.54, 1.807) is 13.3 Å². The van der Waals surface area contributed by atoms with Crippen LogP contribution < -0.4 is 14.9 Å². The molecule has 36 heavy (non-hydrogen) atoms. The van der Waals surface area contributed by atoms with Gasteiger partial charge in [-0.2, -0.15) is 5.10 Å². The maximum absolute atomic E-state index is 12.4. The van der Waals surface area contributed by atoms with E-state index in [9.17, 15) is 4.79 Å². The third-order valence-corrected chi connectivity index (χ3v) is 6.01. The molecular formula is C27H27N5O3S. The van der Waals surface area contributed by atoms with Crippen LogP contribution in [0.25, 0.3) is 17.1 Å². The number of amides is 1. The number of thioether (sulfide) groups is 1. The summed E-state index contributed by atoms with van der Waals surface area (Å²) in [6.45, 7) is 2.74. The average molecular weight is 502 g/mol. The van der Waals surface area contributed by atoms with Gasteiger partial charge in [0, 0.05) is 11.3 Å². The van der Waals surface area contributed by atoms with E-state index < -0.39 is 0 Å². The lowest BCUT2D eigenvalue weighted by Crippen LogP contribution is -2.20. The van der Waals surface area contributed by atoms with Crippen LogP contribution in [0.5, 0.6) is 11.5 Å². The van der Waals surface area contributed by atoms with Crippen LogP contribution in [0.15, 0.2) is 89.1 Å². The zero-order valence-corrected chi connectivity index (χ0v) is 20.9. The summed E-state index contributed by atoms with van der Waals surface area (Å²) in [6, 6.07) is 25.0. The molecule has 1 N–H and O–H groups in total. The van der Waals surface area contributed by atoms with E-state index in [1.807, 2.05) is 83.4 Å². The van der Waals surface area contributed by atoms with Gasteiger partial charge in [-0.3, -0.25) is 9.36 Å². The minimum absolute atomic E-state index is 0.134. The molecule has 4 aromatic rings. The Kier molecular flexibility index (Phi) is 8.72. The van der Waals surface area contributed by atoms with E-state index in [2.05, 4.69) is 27.6 Å². The van der Waals surface area contributed by atoms with Crippen LogP contribution in [0.1, 0.15) is 18.9 Å². The second-order valence-corrected chi connectivity index (χ2v) is 8.65. The van der Waals surface area contributed by atoms with E-state index in [4.69, 9.17) is 9.47 Å². The summed E-state index contributed by atoms with van der Waals surface area (Å²) >= 11 is 1.29. The van der Waals surface area contributed by atoms with Crippen LogP contribution in [0.2, 0.25) is 0 Å². The first-order valence-corrected chi connectivity index (χ1v) is 12.5. The van der Waals surface area contributed by atoms with Gasteiger partial charge in [-0.25, -0.2) is 5.43 Å². The molecule has 3 aromatic carbocycles. The quantitative estimate of drug-likeness (QED) is 0.177. The number of benzene rings is 3. The Morgan fingerprint density at radius 2 is 1.72 bits per heavy atom. The number of carbonyl (C=O) groups excluding carboxylic acids is 1. The summed E-state index contributed by atoms with van der Waals surface area (Å²) in [5.74, 6) is 2.14. The van der Waals surface area contributed by atoms with Crippen LogP contribution in [0.4, 0.5) is 0 Å². The maximum atomic E-state index is 12.4. The molecule has 184 valence electrons. The number of aromatic nitrogens is 3. The topological polar surface area (TPSA) is 90.6 Å². The second-order valence-electron chi connectivity index (χ2n) is 7.70. The normalized spacial score (nSPS) is 10.9. The van der Waals surface area contributed by atoms with Crippen molar-refractivity contribution in [3.05, 3.63) is 84.4 Å².